The monoisotopic (exact) mass is 346 g/mol. The van der Waals surface area contributed by atoms with E-state index in [1.165, 1.54) is 12.3 Å². The minimum absolute atomic E-state index is 0.0991. The number of hydrogen-bond acceptors (Lipinski definition) is 4. The molecule has 4 N–H and O–H groups in total. The first-order chi connectivity index (χ1) is 11.0. The van der Waals surface area contributed by atoms with E-state index in [0.29, 0.717) is 27.1 Å². The maximum Gasteiger partial charge on any atom is 0.267 e. The summed E-state index contributed by atoms with van der Waals surface area (Å²) in [5.74, 6) is -0.567. The maximum atomic E-state index is 12.1. The highest BCUT2D eigenvalue weighted by Crippen LogP contribution is 2.23. The van der Waals surface area contributed by atoms with Crippen LogP contribution in [0.3, 0.4) is 0 Å². The van der Waals surface area contributed by atoms with Crippen LogP contribution in [-0.2, 0) is 4.79 Å². The van der Waals surface area contributed by atoms with Crippen LogP contribution in [0, 0.1) is 11.3 Å². The molecule has 7 heteroatoms. The van der Waals surface area contributed by atoms with Crippen LogP contribution in [0.25, 0.3) is 0 Å². The summed E-state index contributed by atoms with van der Waals surface area (Å²) >= 11 is 11.7. The third-order valence-electron chi connectivity index (χ3n) is 2.83. The molecule has 0 fully saturated rings. The number of rotatable bonds is 4. The topological polar surface area (TPSA) is 90.9 Å². The third-order valence-corrected chi connectivity index (χ3v) is 3.39. The molecule has 0 spiro atoms. The highest BCUT2D eigenvalue weighted by Gasteiger charge is 2.10. The summed E-state index contributed by atoms with van der Waals surface area (Å²) in [6.45, 7) is 0. The van der Waals surface area contributed by atoms with Crippen LogP contribution >= 0.6 is 23.2 Å². The molecule has 5 nitrogen and oxygen atoms in total. The Morgan fingerprint density at radius 3 is 2.61 bits per heavy atom. The average Bonchev–Trinajstić information content (AvgIpc) is 2.51. The van der Waals surface area contributed by atoms with Crippen LogP contribution in [0.1, 0.15) is 0 Å². The minimum atomic E-state index is -0.567. The van der Waals surface area contributed by atoms with Crippen molar-refractivity contribution in [2.24, 2.45) is 0 Å². The molecular formula is C16H12Cl2N4O. The van der Waals surface area contributed by atoms with Gasteiger partial charge in [-0.1, -0.05) is 29.3 Å². The zero-order valence-electron chi connectivity index (χ0n) is 11.8. The number of nitrogen functional groups attached to an aromatic ring is 1. The summed E-state index contributed by atoms with van der Waals surface area (Å²) in [6.07, 6.45) is 1.31. The molecule has 23 heavy (non-hydrogen) atoms. The van der Waals surface area contributed by atoms with E-state index >= 15 is 0 Å². The molecule has 0 aliphatic heterocycles. The molecule has 2 rings (SSSR count). The van der Waals surface area contributed by atoms with Crippen molar-refractivity contribution in [1.82, 2.24) is 0 Å². The van der Waals surface area contributed by atoms with Gasteiger partial charge in [0.2, 0.25) is 0 Å². The first-order valence-corrected chi connectivity index (χ1v) is 7.24. The zero-order valence-corrected chi connectivity index (χ0v) is 13.3. The van der Waals surface area contributed by atoms with Crippen molar-refractivity contribution >= 4 is 46.2 Å². The Bertz CT molecular complexity index is 812. The van der Waals surface area contributed by atoms with Gasteiger partial charge in [-0.25, -0.2) is 0 Å². The molecule has 0 atom stereocenters. The Kier molecular flexibility index (Phi) is 5.47. The van der Waals surface area contributed by atoms with Gasteiger partial charge in [-0.2, -0.15) is 5.26 Å². The standard InChI is InChI=1S/C16H12Cl2N4O/c17-11-2-1-3-12(6-11)21-9-10(8-19)16(23)22-13-4-5-15(20)14(18)7-13/h1-7,9,21H,20H2,(H,22,23)/b10-9-. The molecule has 0 saturated carbocycles. The molecule has 2 aromatic carbocycles. The maximum absolute atomic E-state index is 12.1. The summed E-state index contributed by atoms with van der Waals surface area (Å²) in [4.78, 5) is 12.1. The first-order valence-electron chi connectivity index (χ1n) is 6.48. The van der Waals surface area contributed by atoms with Gasteiger partial charge < -0.3 is 16.4 Å². The molecule has 0 aliphatic carbocycles. The van der Waals surface area contributed by atoms with E-state index in [-0.39, 0.29) is 5.57 Å². The van der Waals surface area contributed by atoms with E-state index in [2.05, 4.69) is 10.6 Å². The number of nitriles is 1. The van der Waals surface area contributed by atoms with Gasteiger partial charge in [0, 0.05) is 22.6 Å². The van der Waals surface area contributed by atoms with Crippen LogP contribution in [-0.4, -0.2) is 5.91 Å². The Morgan fingerprint density at radius 1 is 1.17 bits per heavy atom. The number of carbonyl (C=O) groups is 1. The lowest BCUT2D eigenvalue weighted by Crippen LogP contribution is -2.14. The Hall–Kier alpha value is -2.68. The summed E-state index contributed by atoms with van der Waals surface area (Å²) in [7, 11) is 0. The molecule has 0 bridgehead atoms. The second-order valence-electron chi connectivity index (χ2n) is 4.51. The predicted molar refractivity (Wildman–Crippen MR) is 93.3 cm³/mol. The number of anilines is 3. The fraction of sp³-hybridized carbons (Fsp3) is 0. The van der Waals surface area contributed by atoms with Crippen LogP contribution in [0.5, 0.6) is 0 Å². The second-order valence-corrected chi connectivity index (χ2v) is 5.36. The Balaban J connectivity index is 2.10. The molecule has 1 amide bonds. The normalized spacial score (nSPS) is 10.7. The van der Waals surface area contributed by atoms with Crippen molar-refractivity contribution in [3.8, 4) is 6.07 Å². The SMILES string of the molecule is N#C/C(=C/Nc1cccc(Cl)c1)C(=O)Nc1ccc(N)c(Cl)c1. The first kappa shape index (κ1) is 16.7. The van der Waals surface area contributed by atoms with Gasteiger partial charge in [0.25, 0.3) is 5.91 Å². The molecule has 0 heterocycles. The average molecular weight is 347 g/mol. The van der Waals surface area contributed by atoms with Gasteiger partial charge >= 0.3 is 0 Å². The van der Waals surface area contributed by atoms with Crippen LogP contribution in [0.4, 0.5) is 17.1 Å². The number of nitrogens with one attached hydrogen (secondary N) is 2. The molecule has 0 radical (unpaired) electrons. The third kappa shape index (κ3) is 4.65. The number of carbonyl (C=O) groups excluding carboxylic acids is 1. The van der Waals surface area contributed by atoms with Crippen LogP contribution in [0.2, 0.25) is 10.0 Å². The number of nitrogens with zero attached hydrogens (tertiary/aromatic N) is 1. The van der Waals surface area contributed by atoms with Gasteiger partial charge in [-0.05, 0) is 36.4 Å². The van der Waals surface area contributed by atoms with E-state index < -0.39 is 5.91 Å². The fourth-order valence-electron chi connectivity index (χ4n) is 1.69. The fourth-order valence-corrected chi connectivity index (χ4v) is 2.06. The van der Waals surface area contributed by atoms with Gasteiger partial charge in [-0.15, -0.1) is 0 Å². The number of hydrogen-bond donors (Lipinski definition) is 3. The Labute approximate surface area is 143 Å². The van der Waals surface area contributed by atoms with E-state index in [9.17, 15) is 4.79 Å². The Morgan fingerprint density at radius 2 is 1.96 bits per heavy atom. The van der Waals surface area contributed by atoms with Crippen molar-refractivity contribution in [2.75, 3.05) is 16.4 Å². The van der Waals surface area contributed by atoms with Crippen molar-refractivity contribution in [1.29, 1.82) is 5.26 Å². The van der Waals surface area contributed by atoms with E-state index in [1.54, 1.807) is 36.4 Å². The largest absolute Gasteiger partial charge is 0.398 e. The molecule has 0 unspecified atom stereocenters. The molecule has 0 aromatic heterocycles. The summed E-state index contributed by atoms with van der Waals surface area (Å²) in [5.41, 5.74) is 7.01. The van der Waals surface area contributed by atoms with E-state index in [0.717, 1.165) is 0 Å². The predicted octanol–water partition coefficient (Wildman–Crippen LogP) is 4.03. The summed E-state index contributed by atoms with van der Waals surface area (Å²) < 4.78 is 0. The van der Waals surface area contributed by atoms with Gasteiger partial charge in [0.1, 0.15) is 11.6 Å². The molecule has 0 aliphatic rings. The number of halogens is 2. The number of nitrogens with two attached hydrogens (primary N) is 1. The van der Waals surface area contributed by atoms with Crippen molar-refractivity contribution < 1.29 is 4.79 Å². The van der Waals surface area contributed by atoms with E-state index in [1.807, 2.05) is 6.07 Å². The van der Waals surface area contributed by atoms with Crippen LogP contribution in [0.15, 0.2) is 54.2 Å². The van der Waals surface area contributed by atoms with Crippen molar-refractivity contribution in [3.63, 3.8) is 0 Å². The quantitative estimate of drug-likeness (QED) is 0.442. The van der Waals surface area contributed by atoms with Crippen molar-refractivity contribution in [3.05, 3.63) is 64.3 Å². The smallest absolute Gasteiger partial charge is 0.267 e. The summed E-state index contributed by atoms with van der Waals surface area (Å²) in [6, 6.07) is 13.4. The van der Waals surface area contributed by atoms with Gasteiger partial charge in [-0.3, -0.25) is 4.79 Å². The second kappa shape index (κ2) is 7.54. The molecule has 2 aromatic rings. The van der Waals surface area contributed by atoms with E-state index in [4.69, 9.17) is 34.2 Å². The minimum Gasteiger partial charge on any atom is -0.398 e. The van der Waals surface area contributed by atoms with Gasteiger partial charge in [0.05, 0.1) is 10.7 Å². The van der Waals surface area contributed by atoms with Gasteiger partial charge in [0.15, 0.2) is 0 Å². The highest BCUT2D eigenvalue weighted by atomic mass is 35.5. The molecular weight excluding hydrogens is 335 g/mol. The lowest BCUT2D eigenvalue weighted by Gasteiger charge is -2.07. The lowest BCUT2D eigenvalue weighted by atomic mass is 10.2. The summed E-state index contributed by atoms with van der Waals surface area (Å²) in [5, 5.41) is 15.4. The number of benzene rings is 2. The zero-order chi connectivity index (χ0) is 16.8. The molecule has 0 saturated heterocycles. The van der Waals surface area contributed by atoms with Crippen molar-refractivity contribution in [2.45, 2.75) is 0 Å². The lowest BCUT2D eigenvalue weighted by molar-refractivity contribution is -0.112. The molecule has 116 valence electrons. The highest BCUT2D eigenvalue weighted by molar-refractivity contribution is 6.33. The van der Waals surface area contributed by atoms with Crippen LogP contribution < -0.4 is 16.4 Å². The number of amides is 1.